The van der Waals surface area contributed by atoms with E-state index in [2.05, 4.69) is 24.3 Å². The van der Waals surface area contributed by atoms with Gasteiger partial charge in [0.1, 0.15) is 0 Å². The van der Waals surface area contributed by atoms with Gasteiger partial charge in [0, 0.05) is 13.5 Å². The number of rotatable bonds is 1. The zero-order valence-electron chi connectivity index (χ0n) is 7.82. The fourth-order valence-corrected chi connectivity index (χ4v) is 1.69. The third-order valence-electron chi connectivity index (χ3n) is 2.44. The van der Waals surface area contributed by atoms with E-state index in [0.29, 0.717) is 0 Å². The molecule has 0 spiro atoms. The van der Waals surface area contributed by atoms with Crippen LogP contribution in [-0.4, -0.2) is 20.0 Å². The molecule has 1 atom stereocenters. The Kier molecular flexibility index (Phi) is 2.62. The van der Waals surface area contributed by atoms with Crippen molar-refractivity contribution in [1.82, 2.24) is 0 Å². The minimum absolute atomic E-state index is 0.0661. The molecular weight excluding hydrogens is 164 g/mol. The van der Waals surface area contributed by atoms with E-state index in [1.165, 1.54) is 11.1 Å². The Morgan fingerprint density at radius 2 is 2.08 bits per heavy atom. The lowest BCUT2D eigenvalue weighted by Crippen LogP contribution is -2.16. The summed E-state index contributed by atoms with van der Waals surface area (Å²) in [5, 5.41) is 0. The summed E-state index contributed by atoms with van der Waals surface area (Å²) in [7, 11) is 1.69. The van der Waals surface area contributed by atoms with Crippen molar-refractivity contribution in [3.63, 3.8) is 0 Å². The van der Waals surface area contributed by atoms with E-state index in [9.17, 15) is 0 Å². The van der Waals surface area contributed by atoms with Crippen LogP contribution >= 0.6 is 0 Å². The third kappa shape index (κ3) is 1.90. The maximum absolute atomic E-state index is 5.51. The van der Waals surface area contributed by atoms with Gasteiger partial charge in [-0.25, -0.2) is 0 Å². The van der Waals surface area contributed by atoms with Gasteiger partial charge in [0.25, 0.3) is 0 Å². The highest BCUT2D eigenvalue weighted by Gasteiger charge is 2.15. The Morgan fingerprint density at radius 1 is 1.31 bits per heavy atom. The van der Waals surface area contributed by atoms with E-state index in [1.54, 1.807) is 7.11 Å². The molecule has 0 aliphatic carbocycles. The van der Waals surface area contributed by atoms with Crippen LogP contribution in [0.4, 0.5) is 0 Å². The van der Waals surface area contributed by atoms with Crippen molar-refractivity contribution < 1.29 is 9.47 Å². The van der Waals surface area contributed by atoms with Gasteiger partial charge in [0.2, 0.25) is 0 Å². The molecule has 70 valence electrons. The highest BCUT2D eigenvalue weighted by Crippen LogP contribution is 2.17. The molecule has 2 rings (SSSR count). The second-order valence-corrected chi connectivity index (χ2v) is 3.26. The van der Waals surface area contributed by atoms with Crippen LogP contribution < -0.4 is 0 Å². The van der Waals surface area contributed by atoms with Gasteiger partial charge in [-0.1, -0.05) is 24.3 Å². The molecule has 1 aliphatic rings. The average molecular weight is 178 g/mol. The van der Waals surface area contributed by atoms with Crippen molar-refractivity contribution >= 4 is 0 Å². The number of benzene rings is 1. The van der Waals surface area contributed by atoms with Crippen LogP contribution in [0.25, 0.3) is 0 Å². The first-order valence-corrected chi connectivity index (χ1v) is 4.61. The van der Waals surface area contributed by atoms with Gasteiger partial charge < -0.3 is 9.47 Å². The highest BCUT2D eigenvalue weighted by atomic mass is 16.7. The lowest BCUT2D eigenvalue weighted by atomic mass is 10.0. The molecule has 0 N–H and O–H groups in total. The molecule has 2 heteroatoms. The van der Waals surface area contributed by atoms with Crippen LogP contribution in [0.2, 0.25) is 0 Å². The summed E-state index contributed by atoms with van der Waals surface area (Å²) in [6.07, 6.45) is 1.80. The van der Waals surface area contributed by atoms with Gasteiger partial charge >= 0.3 is 0 Å². The fourth-order valence-electron chi connectivity index (χ4n) is 1.69. The number of ether oxygens (including phenoxy) is 2. The maximum atomic E-state index is 5.51. The quantitative estimate of drug-likeness (QED) is 0.652. The predicted octanol–water partition coefficient (Wildman–Crippen LogP) is 1.77. The Balaban J connectivity index is 2.23. The largest absolute Gasteiger partial charge is 0.356 e. The zero-order valence-corrected chi connectivity index (χ0v) is 7.82. The lowest BCUT2D eigenvalue weighted by molar-refractivity contribution is -0.118. The van der Waals surface area contributed by atoms with Crippen molar-refractivity contribution in [2.75, 3.05) is 13.7 Å². The van der Waals surface area contributed by atoms with E-state index < -0.39 is 0 Å². The maximum Gasteiger partial charge on any atom is 0.161 e. The second kappa shape index (κ2) is 3.90. The van der Waals surface area contributed by atoms with Crippen molar-refractivity contribution in [3.8, 4) is 0 Å². The van der Waals surface area contributed by atoms with Crippen molar-refractivity contribution in [2.45, 2.75) is 19.1 Å². The van der Waals surface area contributed by atoms with E-state index >= 15 is 0 Å². The Hall–Kier alpha value is -0.860. The minimum Gasteiger partial charge on any atom is -0.356 e. The van der Waals surface area contributed by atoms with E-state index in [-0.39, 0.29) is 6.29 Å². The number of hydrogen-bond donors (Lipinski definition) is 0. The summed E-state index contributed by atoms with van der Waals surface area (Å²) < 4.78 is 10.7. The molecule has 0 fully saturated rings. The van der Waals surface area contributed by atoms with Gasteiger partial charge in [0.15, 0.2) is 6.29 Å². The third-order valence-corrected chi connectivity index (χ3v) is 2.44. The van der Waals surface area contributed by atoms with Crippen LogP contribution in [0.15, 0.2) is 24.3 Å². The first-order valence-electron chi connectivity index (χ1n) is 4.61. The molecule has 1 aromatic rings. The molecule has 0 amide bonds. The first-order chi connectivity index (χ1) is 6.40. The average Bonchev–Trinajstić information content (AvgIpc) is 2.38. The molecule has 0 saturated heterocycles. The van der Waals surface area contributed by atoms with Crippen molar-refractivity contribution in [2.24, 2.45) is 0 Å². The summed E-state index contributed by atoms with van der Waals surface area (Å²) in [5.41, 5.74) is 2.74. The molecule has 0 saturated carbocycles. The van der Waals surface area contributed by atoms with Crippen molar-refractivity contribution in [3.05, 3.63) is 35.4 Å². The smallest absolute Gasteiger partial charge is 0.161 e. The molecule has 13 heavy (non-hydrogen) atoms. The van der Waals surface area contributed by atoms with Crippen LogP contribution in [0.1, 0.15) is 11.1 Å². The zero-order chi connectivity index (χ0) is 9.10. The monoisotopic (exact) mass is 178 g/mol. The number of hydrogen-bond acceptors (Lipinski definition) is 2. The predicted molar refractivity (Wildman–Crippen MR) is 50.6 cm³/mol. The Morgan fingerprint density at radius 3 is 2.85 bits per heavy atom. The Labute approximate surface area is 78.5 Å². The van der Waals surface area contributed by atoms with Gasteiger partial charge in [-0.3, -0.25) is 0 Å². The highest BCUT2D eigenvalue weighted by molar-refractivity contribution is 5.28. The van der Waals surface area contributed by atoms with Gasteiger partial charge in [-0.15, -0.1) is 0 Å². The van der Waals surface area contributed by atoms with Crippen LogP contribution in [-0.2, 0) is 22.3 Å². The minimum atomic E-state index is -0.0661. The molecule has 1 unspecified atom stereocenters. The molecule has 2 nitrogen and oxygen atoms in total. The lowest BCUT2D eigenvalue weighted by Gasteiger charge is -2.12. The topological polar surface area (TPSA) is 18.5 Å². The second-order valence-electron chi connectivity index (χ2n) is 3.26. The number of methoxy groups -OCH3 is 1. The van der Waals surface area contributed by atoms with E-state index in [4.69, 9.17) is 9.47 Å². The molecule has 1 aromatic carbocycles. The van der Waals surface area contributed by atoms with Crippen molar-refractivity contribution in [1.29, 1.82) is 0 Å². The van der Waals surface area contributed by atoms with Crippen LogP contribution in [0.3, 0.4) is 0 Å². The van der Waals surface area contributed by atoms with Crippen LogP contribution in [0.5, 0.6) is 0 Å². The summed E-state index contributed by atoms with van der Waals surface area (Å²) in [6.45, 7) is 0.759. The molecule has 1 heterocycles. The van der Waals surface area contributed by atoms with Gasteiger partial charge in [-0.05, 0) is 17.5 Å². The summed E-state index contributed by atoms with van der Waals surface area (Å²) >= 11 is 0. The van der Waals surface area contributed by atoms with E-state index in [0.717, 1.165) is 19.4 Å². The molecule has 1 aliphatic heterocycles. The van der Waals surface area contributed by atoms with Gasteiger partial charge in [0.05, 0.1) is 6.61 Å². The summed E-state index contributed by atoms with van der Waals surface area (Å²) in [4.78, 5) is 0. The SMILES string of the molecule is COC1Cc2ccccc2CCO1. The molecule has 0 aromatic heterocycles. The summed E-state index contributed by atoms with van der Waals surface area (Å²) in [5.74, 6) is 0. The number of fused-ring (bicyclic) bond motifs is 1. The molecule has 0 radical (unpaired) electrons. The standard InChI is InChI=1S/C11H14O2/c1-12-11-8-10-5-3-2-4-9(10)6-7-13-11/h2-5,11H,6-8H2,1H3. The first kappa shape index (κ1) is 8.73. The molecular formula is C11H14O2. The Bertz CT molecular complexity index is 283. The summed E-state index contributed by atoms with van der Waals surface area (Å²) in [6, 6.07) is 8.45. The van der Waals surface area contributed by atoms with Gasteiger partial charge in [-0.2, -0.15) is 0 Å². The normalized spacial score (nSPS) is 22.1. The van der Waals surface area contributed by atoms with Crippen LogP contribution in [0, 0.1) is 0 Å². The molecule has 0 bridgehead atoms. The van der Waals surface area contributed by atoms with E-state index in [1.807, 2.05) is 0 Å². The fraction of sp³-hybridized carbons (Fsp3) is 0.455.